The average molecular weight is 318 g/mol. The molecule has 124 valence electrons. The molecular weight excluding hydrogens is 297 g/mol. The number of aliphatic hydroxyl groups excluding tert-OH is 1. The third-order valence-electron chi connectivity index (χ3n) is 3.32. The number of rotatable bonds is 6. The van der Waals surface area contributed by atoms with Gasteiger partial charge in [0.15, 0.2) is 0 Å². The van der Waals surface area contributed by atoms with Crippen LogP contribution in [0.2, 0.25) is 0 Å². The van der Waals surface area contributed by atoms with Gasteiger partial charge in [-0.2, -0.15) is 13.2 Å². The Bertz CT molecular complexity index is 504. The van der Waals surface area contributed by atoms with Crippen molar-refractivity contribution in [3.63, 3.8) is 0 Å². The summed E-state index contributed by atoms with van der Waals surface area (Å²) in [7, 11) is 0. The molecule has 0 bridgehead atoms. The van der Waals surface area contributed by atoms with Gasteiger partial charge < -0.3 is 15.3 Å². The quantitative estimate of drug-likeness (QED) is 0.841. The number of urea groups is 1. The SMILES string of the molecule is CCCCN(CCO)C(=O)Nc1cccc(C(F)(F)F)c1C. The van der Waals surface area contributed by atoms with Crippen LogP contribution in [0, 0.1) is 6.92 Å². The van der Waals surface area contributed by atoms with E-state index in [-0.39, 0.29) is 24.4 Å². The molecule has 0 aliphatic carbocycles. The molecule has 0 saturated carbocycles. The van der Waals surface area contributed by atoms with E-state index in [1.165, 1.54) is 24.0 Å². The van der Waals surface area contributed by atoms with Gasteiger partial charge in [-0.1, -0.05) is 19.4 Å². The van der Waals surface area contributed by atoms with Crippen LogP contribution in [-0.2, 0) is 6.18 Å². The summed E-state index contributed by atoms with van der Waals surface area (Å²) in [4.78, 5) is 13.5. The minimum Gasteiger partial charge on any atom is -0.395 e. The number of unbranched alkanes of at least 4 members (excludes halogenated alkanes) is 1. The molecular formula is C15H21F3N2O2. The maximum atomic E-state index is 12.9. The maximum absolute atomic E-state index is 12.9. The maximum Gasteiger partial charge on any atom is 0.416 e. The number of aliphatic hydroxyl groups is 1. The normalized spacial score (nSPS) is 11.4. The van der Waals surface area contributed by atoms with E-state index < -0.39 is 17.8 Å². The second-order valence-electron chi connectivity index (χ2n) is 4.97. The standard InChI is InChI=1S/C15H21F3N2O2/c1-3-4-8-20(9-10-21)14(22)19-13-7-5-6-12(11(13)2)15(16,17)18/h5-7,21H,3-4,8-10H2,1-2H3,(H,19,22). The Morgan fingerprint density at radius 3 is 2.55 bits per heavy atom. The lowest BCUT2D eigenvalue weighted by Crippen LogP contribution is -2.38. The van der Waals surface area contributed by atoms with Gasteiger partial charge in [0.1, 0.15) is 0 Å². The molecule has 4 nitrogen and oxygen atoms in total. The van der Waals surface area contributed by atoms with Gasteiger partial charge in [0.2, 0.25) is 0 Å². The molecule has 1 rings (SSSR count). The molecule has 0 spiro atoms. The van der Waals surface area contributed by atoms with Crippen molar-refractivity contribution in [2.24, 2.45) is 0 Å². The van der Waals surface area contributed by atoms with Crippen LogP contribution in [-0.4, -0.2) is 35.7 Å². The summed E-state index contributed by atoms with van der Waals surface area (Å²) in [6, 6.07) is 3.16. The molecule has 1 aromatic carbocycles. The topological polar surface area (TPSA) is 52.6 Å². The van der Waals surface area contributed by atoms with E-state index in [0.29, 0.717) is 6.54 Å². The fourth-order valence-electron chi connectivity index (χ4n) is 2.06. The smallest absolute Gasteiger partial charge is 0.395 e. The Morgan fingerprint density at radius 1 is 1.32 bits per heavy atom. The van der Waals surface area contributed by atoms with Crippen LogP contribution in [0.3, 0.4) is 0 Å². The lowest BCUT2D eigenvalue weighted by atomic mass is 10.1. The molecule has 0 unspecified atom stereocenters. The predicted molar refractivity (Wildman–Crippen MR) is 78.8 cm³/mol. The van der Waals surface area contributed by atoms with Gasteiger partial charge in [0, 0.05) is 18.8 Å². The fourth-order valence-corrected chi connectivity index (χ4v) is 2.06. The number of anilines is 1. The molecule has 0 atom stereocenters. The zero-order valence-electron chi connectivity index (χ0n) is 12.7. The third kappa shape index (κ3) is 4.91. The minimum atomic E-state index is -4.46. The zero-order chi connectivity index (χ0) is 16.8. The first-order chi connectivity index (χ1) is 10.3. The number of nitrogens with one attached hydrogen (secondary N) is 1. The van der Waals surface area contributed by atoms with Crippen LogP contribution >= 0.6 is 0 Å². The van der Waals surface area contributed by atoms with Crippen LogP contribution in [0.4, 0.5) is 23.7 Å². The van der Waals surface area contributed by atoms with Gasteiger partial charge in [0.25, 0.3) is 0 Å². The van der Waals surface area contributed by atoms with Gasteiger partial charge in [-0.05, 0) is 31.0 Å². The number of halogens is 3. The summed E-state index contributed by atoms with van der Waals surface area (Å²) in [5.74, 6) is 0. The second-order valence-corrected chi connectivity index (χ2v) is 4.97. The molecule has 0 fully saturated rings. The van der Waals surface area contributed by atoms with Crippen molar-refractivity contribution in [2.45, 2.75) is 32.9 Å². The van der Waals surface area contributed by atoms with Gasteiger partial charge in [0.05, 0.1) is 12.2 Å². The summed E-state index contributed by atoms with van der Waals surface area (Å²) in [5.41, 5.74) is -0.672. The van der Waals surface area contributed by atoms with Crippen LogP contribution in [0.15, 0.2) is 18.2 Å². The van der Waals surface area contributed by atoms with Gasteiger partial charge in [-0.25, -0.2) is 4.79 Å². The Balaban J connectivity index is 2.91. The number of hydrogen-bond acceptors (Lipinski definition) is 2. The fraction of sp³-hybridized carbons (Fsp3) is 0.533. The number of alkyl halides is 3. The highest BCUT2D eigenvalue weighted by Crippen LogP contribution is 2.34. The Hall–Kier alpha value is -1.76. The predicted octanol–water partition coefficient (Wildman–Crippen LogP) is 3.64. The average Bonchev–Trinajstić information content (AvgIpc) is 2.44. The Labute approximate surface area is 127 Å². The Morgan fingerprint density at radius 2 is 2.00 bits per heavy atom. The second kappa shape index (κ2) is 8.03. The third-order valence-corrected chi connectivity index (χ3v) is 3.32. The van der Waals surface area contributed by atoms with E-state index >= 15 is 0 Å². The Kier molecular flexibility index (Phi) is 6.67. The molecule has 0 aliphatic rings. The van der Waals surface area contributed by atoms with E-state index in [2.05, 4.69) is 5.32 Å². The van der Waals surface area contributed by atoms with Crippen molar-refractivity contribution in [3.8, 4) is 0 Å². The molecule has 22 heavy (non-hydrogen) atoms. The number of carbonyl (C=O) groups excluding carboxylic acids is 1. The van der Waals surface area contributed by atoms with E-state index in [9.17, 15) is 18.0 Å². The van der Waals surface area contributed by atoms with Gasteiger partial charge >= 0.3 is 12.2 Å². The summed E-state index contributed by atoms with van der Waals surface area (Å²) in [6.07, 6.45) is -2.83. The minimum absolute atomic E-state index is 0.0252. The van der Waals surface area contributed by atoms with Crippen molar-refractivity contribution in [1.29, 1.82) is 0 Å². The summed E-state index contributed by atoms with van der Waals surface area (Å²) in [6.45, 7) is 3.68. The van der Waals surface area contributed by atoms with Crippen LogP contribution in [0.25, 0.3) is 0 Å². The van der Waals surface area contributed by atoms with Crippen molar-refractivity contribution >= 4 is 11.7 Å². The number of carbonyl (C=O) groups is 1. The molecule has 0 heterocycles. The summed E-state index contributed by atoms with van der Waals surface area (Å²) in [5, 5.41) is 11.5. The molecule has 0 aliphatic heterocycles. The van der Waals surface area contributed by atoms with Crippen molar-refractivity contribution < 1.29 is 23.1 Å². The van der Waals surface area contributed by atoms with Gasteiger partial charge in [-0.3, -0.25) is 0 Å². The van der Waals surface area contributed by atoms with Crippen LogP contribution in [0.5, 0.6) is 0 Å². The molecule has 0 radical (unpaired) electrons. The highest BCUT2D eigenvalue weighted by atomic mass is 19.4. The van der Waals surface area contributed by atoms with E-state index in [1.807, 2.05) is 6.92 Å². The number of hydrogen-bond donors (Lipinski definition) is 2. The van der Waals surface area contributed by atoms with Crippen molar-refractivity contribution in [3.05, 3.63) is 29.3 Å². The van der Waals surface area contributed by atoms with Gasteiger partial charge in [-0.15, -0.1) is 0 Å². The van der Waals surface area contributed by atoms with Crippen LogP contribution in [0.1, 0.15) is 30.9 Å². The first-order valence-corrected chi connectivity index (χ1v) is 7.14. The lowest BCUT2D eigenvalue weighted by molar-refractivity contribution is -0.138. The molecule has 2 N–H and O–H groups in total. The van der Waals surface area contributed by atoms with E-state index in [1.54, 1.807) is 0 Å². The first-order valence-electron chi connectivity index (χ1n) is 7.14. The largest absolute Gasteiger partial charge is 0.416 e. The summed E-state index contributed by atoms with van der Waals surface area (Å²) < 4.78 is 38.6. The molecule has 0 saturated heterocycles. The first kappa shape index (κ1) is 18.3. The number of benzene rings is 1. The van der Waals surface area contributed by atoms with Crippen molar-refractivity contribution in [2.75, 3.05) is 25.0 Å². The van der Waals surface area contributed by atoms with E-state index in [4.69, 9.17) is 5.11 Å². The van der Waals surface area contributed by atoms with E-state index in [0.717, 1.165) is 18.9 Å². The highest BCUT2D eigenvalue weighted by Gasteiger charge is 2.33. The monoisotopic (exact) mass is 318 g/mol. The zero-order valence-corrected chi connectivity index (χ0v) is 12.7. The number of nitrogens with zero attached hydrogens (tertiary/aromatic N) is 1. The van der Waals surface area contributed by atoms with Crippen molar-refractivity contribution in [1.82, 2.24) is 4.90 Å². The number of amides is 2. The molecule has 7 heteroatoms. The highest BCUT2D eigenvalue weighted by molar-refractivity contribution is 5.90. The lowest BCUT2D eigenvalue weighted by Gasteiger charge is -2.23. The molecule has 2 amide bonds. The molecule has 0 aromatic heterocycles. The van der Waals surface area contributed by atoms with Crippen LogP contribution < -0.4 is 5.32 Å². The summed E-state index contributed by atoms with van der Waals surface area (Å²) >= 11 is 0. The molecule has 1 aromatic rings.